The van der Waals surface area contributed by atoms with Crippen molar-refractivity contribution in [2.24, 2.45) is 11.8 Å². The molecule has 4 nitrogen and oxygen atoms in total. The number of rotatable bonds is 5. The Morgan fingerprint density at radius 2 is 1.96 bits per heavy atom. The molecule has 2 aromatic carbocycles. The van der Waals surface area contributed by atoms with E-state index in [0.717, 1.165) is 18.8 Å². The van der Waals surface area contributed by atoms with Gasteiger partial charge in [-0.2, -0.15) is 0 Å². The summed E-state index contributed by atoms with van der Waals surface area (Å²) in [6.45, 7) is 3.74. The number of carbonyl (C=O) groups excluding carboxylic acids is 1. The van der Waals surface area contributed by atoms with Crippen molar-refractivity contribution in [3.8, 4) is 11.5 Å². The Morgan fingerprint density at radius 1 is 1.22 bits per heavy atom. The third kappa shape index (κ3) is 3.87. The first-order valence-corrected chi connectivity index (χ1v) is 7.67. The topological polar surface area (TPSA) is 50.4 Å². The Hall–Kier alpha value is -2.40. The third-order valence-corrected chi connectivity index (χ3v) is 4.09. The molecule has 1 amide bonds. The minimum Gasteiger partial charge on any atom is -0.457 e. The predicted molar refractivity (Wildman–Crippen MR) is 87.1 cm³/mol. The first-order chi connectivity index (χ1) is 11.1. The van der Waals surface area contributed by atoms with Gasteiger partial charge >= 0.3 is 0 Å². The summed E-state index contributed by atoms with van der Waals surface area (Å²) in [6, 6.07) is 13.0. The van der Waals surface area contributed by atoms with Gasteiger partial charge in [0.15, 0.2) is 0 Å². The van der Waals surface area contributed by atoms with Crippen LogP contribution in [0, 0.1) is 17.7 Å². The van der Waals surface area contributed by atoms with Crippen LogP contribution in [0.3, 0.4) is 0 Å². The van der Waals surface area contributed by atoms with Gasteiger partial charge in [0.05, 0.1) is 0 Å². The van der Waals surface area contributed by atoms with Gasteiger partial charge in [-0.3, -0.25) is 4.79 Å². The zero-order chi connectivity index (χ0) is 16.2. The molecule has 2 N–H and O–H groups in total. The Morgan fingerprint density at radius 3 is 2.57 bits per heavy atom. The van der Waals surface area contributed by atoms with E-state index in [1.54, 1.807) is 36.4 Å². The lowest BCUT2D eigenvalue weighted by atomic mass is 9.88. The van der Waals surface area contributed by atoms with Crippen LogP contribution in [0.1, 0.15) is 6.92 Å². The summed E-state index contributed by atoms with van der Waals surface area (Å²) in [7, 11) is 0. The van der Waals surface area contributed by atoms with E-state index >= 15 is 0 Å². The second-order valence-electron chi connectivity index (χ2n) is 5.78. The summed E-state index contributed by atoms with van der Waals surface area (Å²) >= 11 is 0. The van der Waals surface area contributed by atoms with E-state index in [9.17, 15) is 9.18 Å². The van der Waals surface area contributed by atoms with Gasteiger partial charge in [0.25, 0.3) is 0 Å². The first-order valence-electron chi connectivity index (χ1n) is 7.67. The number of amides is 1. The van der Waals surface area contributed by atoms with Crippen molar-refractivity contribution >= 4 is 11.6 Å². The van der Waals surface area contributed by atoms with Gasteiger partial charge in [-0.25, -0.2) is 4.39 Å². The van der Waals surface area contributed by atoms with E-state index < -0.39 is 0 Å². The van der Waals surface area contributed by atoms with E-state index in [1.165, 1.54) is 12.1 Å². The SMILES string of the molecule is CC(C(=O)Nc1ccc(Oc2cccc(F)c2)cc1)C1CNC1. The molecule has 1 aliphatic heterocycles. The van der Waals surface area contributed by atoms with Crippen molar-refractivity contribution in [1.29, 1.82) is 0 Å². The second-order valence-corrected chi connectivity index (χ2v) is 5.78. The number of hydrogen-bond donors (Lipinski definition) is 2. The highest BCUT2D eigenvalue weighted by Gasteiger charge is 2.28. The van der Waals surface area contributed by atoms with Crippen LogP contribution in [0.5, 0.6) is 11.5 Å². The molecule has 1 aliphatic rings. The molecule has 1 atom stereocenters. The van der Waals surface area contributed by atoms with Crippen molar-refractivity contribution in [3.05, 3.63) is 54.3 Å². The summed E-state index contributed by atoms with van der Waals surface area (Å²) in [5, 5.41) is 6.08. The molecule has 3 rings (SSSR count). The van der Waals surface area contributed by atoms with Gasteiger partial charge < -0.3 is 15.4 Å². The van der Waals surface area contributed by atoms with Crippen LogP contribution >= 0.6 is 0 Å². The molecule has 0 aliphatic carbocycles. The molecule has 0 aromatic heterocycles. The van der Waals surface area contributed by atoms with Crippen LogP contribution in [-0.2, 0) is 4.79 Å². The summed E-state index contributed by atoms with van der Waals surface area (Å²) in [4.78, 5) is 12.1. The summed E-state index contributed by atoms with van der Waals surface area (Å²) in [5.41, 5.74) is 0.723. The van der Waals surface area contributed by atoms with Crippen LogP contribution in [0.15, 0.2) is 48.5 Å². The average Bonchev–Trinajstić information content (AvgIpc) is 2.47. The molecule has 5 heteroatoms. The number of halogens is 1. The molecule has 1 heterocycles. The largest absolute Gasteiger partial charge is 0.457 e. The van der Waals surface area contributed by atoms with E-state index in [1.807, 2.05) is 6.92 Å². The fraction of sp³-hybridized carbons (Fsp3) is 0.278. The fourth-order valence-electron chi connectivity index (χ4n) is 2.41. The molecular weight excluding hydrogens is 295 g/mol. The average molecular weight is 314 g/mol. The zero-order valence-electron chi connectivity index (χ0n) is 12.9. The lowest BCUT2D eigenvalue weighted by Gasteiger charge is -2.31. The Kier molecular flexibility index (Phi) is 4.57. The molecule has 0 bridgehead atoms. The smallest absolute Gasteiger partial charge is 0.227 e. The van der Waals surface area contributed by atoms with Crippen molar-refractivity contribution in [1.82, 2.24) is 5.32 Å². The minimum atomic E-state index is -0.342. The van der Waals surface area contributed by atoms with Gasteiger partial charge in [0.1, 0.15) is 17.3 Å². The standard InChI is InChI=1S/C18H19FN2O2/c1-12(13-10-20-11-13)18(22)21-15-5-7-16(8-6-15)23-17-4-2-3-14(19)9-17/h2-9,12-13,20H,10-11H2,1H3,(H,21,22). The lowest BCUT2D eigenvalue weighted by Crippen LogP contribution is -2.48. The molecular formula is C18H19FN2O2. The van der Waals surface area contributed by atoms with E-state index in [4.69, 9.17) is 4.74 Å². The molecule has 23 heavy (non-hydrogen) atoms. The van der Waals surface area contributed by atoms with Gasteiger partial charge in [-0.15, -0.1) is 0 Å². The highest BCUT2D eigenvalue weighted by Crippen LogP contribution is 2.24. The van der Waals surface area contributed by atoms with Crippen molar-refractivity contribution in [2.75, 3.05) is 18.4 Å². The number of hydrogen-bond acceptors (Lipinski definition) is 3. The highest BCUT2D eigenvalue weighted by atomic mass is 19.1. The molecule has 1 saturated heterocycles. The normalized spacial score (nSPS) is 15.6. The van der Waals surface area contributed by atoms with Gasteiger partial charge in [0, 0.05) is 17.7 Å². The molecule has 0 spiro atoms. The maximum absolute atomic E-state index is 13.1. The molecule has 2 aromatic rings. The van der Waals surface area contributed by atoms with Crippen molar-refractivity contribution in [3.63, 3.8) is 0 Å². The van der Waals surface area contributed by atoms with Crippen LogP contribution in [0.2, 0.25) is 0 Å². The number of nitrogens with one attached hydrogen (secondary N) is 2. The number of ether oxygens (including phenoxy) is 1. The Balaban J connectivity index is 1.59. The third-order valence-electron chi connectivity index (χ3n) is 4.09. The number of benzene rings is 2. The van der Waals surface area contributed by atoms with Crippen LogP contribution < -0.4 is 15.4 Å². The lowest BCUT2D eigenvalue weighted by molar-refractivity contribution is -0.121. The van der Waals surface area contributed by atoms with Crippen LogP contribution in [-0.4, -0.2) is 19.0 Å². The van der Waals surface area contributed by atoms with Crippen LogP contribution in [0.25, 0.3) is 0 Å². The van der Waals surface area contributed by atoms with Crippen molar-refractivity contribution < 1.29 is 13.9 Å². The maximum atomic E-state index is 13.1. The molecule has 0 radical (unpaired) electrons. The summed E-state index contributed by atoms with van der Waals surface area (Å²) < 4.78 is 18.7. The predicted octanol–water partition coefficient (Wildman–Crippen LogP) is 3.41. The monoisotopic (exact) mass is 314 g/mol. The molecule has 1 fully saturated rings. The van der Waals surface area contributed by atoms with Gasteiger partial charge in [-0.05, 0) is 55.4 Å². The number of anilines is 1. The summed E-state index contributed by atoms with van der Waals surface area (Å²) in [5.74, 6) is 1.10. The Labute approximate surface area is 134 Å². The van der Waals surface area contributed by atoms with Crippen molar-refractivity contribution in [2.45, 2.75) is 6.92 Å². The fourth-order valence-corrected chi connectivity index (χ4v) is 2.41. The zero-order valence-corrected chi connectivity index (χ0v) is 12.9. The molecule has 1 unspecified atom stereocenters. The molecule has 0 saturated carbocycles. The maximum Gasteiger partial charge on any atom is 0.227 e. The van der Waals surface area contributed by atoms with Gasteiger partial charge in [-0.1, -0.05) is 13.0 Å². The minimum absolute atomic E-state index is 0.0144. The van der Waals surface area contributed by atoms with E-state index in [0.29, 0.717) is 17.4 Å². The van der Waals surface area contributed by atoms with E-state index in [-0.39, 0.29) is 17.6 Å². The van der Waals surface area contributed by atoms with Crippen LogP contribution in [0.4, 0.5) is 10.1 Å². The quantitative estimate of drug-likeness (QED) is 0.889. The Bertz CT molecular complexity index is 684. The summed E-state index contributed by atoms with van der Waals surface area (Å²) in [6.07, 6.45) is 0. The van der Waals surface area contributed by atoms with E-state index in [2.05, 4.69) is 10.6 Å². The highest BCUT2D eigenvalue weighted by molar-refractivity contribution is 5.92. The second kappa shape index (κ2) is 6.79. The first kappa shape index (κ1) is 15.5. The van der Waals surface area contributed by atoms with Gasteiger partial charge in [0.2, 0.25) is 5.91 Å². The number of carbonyl (C=O) groups is 1. The molecule has 120 valence electrons.